The van der Waals surface area contributed by atoms with Crippen LogP contribution in [0.3, 0.4) is 0 Å². The summed E-state index contributed by atoms with van der Waals surface area (Å²) in [5, 5.41) is 17.4. The topological polar surface area (TPSA) is 67.3 Å². The lowest BCUT2D eigenvalue weighted by Crippen LogP contribution is -2.32. The predicted octanol–water partition coefficient (Wildman–Crippen LogP) is 3.53. The zero-order chi connectivity index (χ0) is 18.7. The van der Waals surface area contributed by atoms with Gasteiger partial charge in [-0.2, -0.15) is 11.3 Å². The summed E-state index contributed by atoms with van der Waals surface area (Å²) < 4.78 is 0.636. The zero-order valence-corrected chi connectivity index (χ0v) is 16.1. The molecule has 1 aromatic heterocycles. The van der Waals surface area contributed by atoms with Crippen molar-refractivity contribution in [1.82, 2.24) is 4.98 Å². The Bertz CT molecular complexity index is 1580. The van der Waals surface area contributed by atoms with Crippen molar-refractivity contribution in [3.63, 3.8) is 0 Å². The highest BCUT2D eigenvalue weighted by Gasteiger charge is 2.17. The molecule has 3 aromatic rings. The first-order valence-electron chi connectivity index (χ1n) is 8.14. The normalized spacial score (nSPS) is 12.9. The standard InChI is InChI=1S/C21H10BrNO3S/c22-13-5-6-14-17-15(11-3-1-2-4-12(11)20(25)16(13)17)18(21(26)23-14)19(24)10-7-8-27-9-10/h1-9,24H/b19-18+. The molecule has 1 aliphatic heterocycles. The first-order valence-corrected chi connectivity index (χ1v) is 9.87. The Hall–Kier alpha value is -2.83. The van der Waals surface area contributed by atoms with Crippen LogP contribution in [0.4, 0.5) is 0 Å². The molecule has 0 saturated carbocycles. The Kier molecular flexibility index (Phi) is 3.54. The largest absolute Gasteiger partial charge is 0.506 e. The van der Waals surface area contributed by atoms with Crippen LogP contribution < -0.4 is 16.2 Å². The first-order chi connectivity index (χ1) is 13.1. The van der Waals surface area contributed by atoms with E-state index in [1.165, 1.54) is 11.3 Å². The monoisotopic (exact) mass is 435 g/mol. The molecule has 6 heteroatoms. The molecule has 0 unspecified atom stereocenters. The van der Waals surface area contributed by atoms with Crippen molar-refractivity contribution >= 4 is 54.7 Å². The number of benzene rings is 2. The van der Waals surface area contributed by atoms with Crippen molar-refractivity contribution in [2.75, 3.05) is 0 Å². The van der Waals surface area contributed by atoms with Gasteiger partial charge in [0.05, 0.1) is 10.7 Å². The van der Waals surface area contributed by atoms with Gasteiger partial charge in [-0.15, -0.1) is 0 Å². The summed E-state index contributed by atoms with van der Waals surface area (Å²) in [4.78, 5) is 30.1. The zero-order valence-electron chi connectivity index (χ0n) is 13.7. The van der Waals surface area contributed by atoms with Crippen molar-refractivity contribution < 1.29 is 5.11 Å². The number of halogens is 1. The maximum Gasteiger partial charge on any atom is 0.281 e. The van der Waals surface area contributed by atoms with Crippen molar-refractivity contribution in [2.45, 2.75) is 0 Å². The highest BCUT2D eigenvalue weighted by atomic mass is 79.9. The van der Waals surface area contributed by atoms with Crippen LogP contribution in [0.2, 0.25) is 0 Å². The Labute approximate surface area is 164 Å². The predicted molar refractivity (Wildman–Crippen MR) is 111 cm³/mol. The Morgan fingerprint density at radius 2 is 1.78 bits per heavy atom. The fourth-order valence-corrected chi connectivity index (χ4v) is 4.75. The summed E-state index contributed by atoms with van der Waals surface area (Å²) in [5.74, 6) is -0.124. The molecule has 5 rings (SSSR count). The Morgan fingerprint density at radius 3 is 2.52 bits per heavy atom. The van der Waals surface area contributed by atoms with Crippen LogP contribution in [-0.4, -0.2) is 10.1 Å². The minimum atomic E-state index is -0.515. The molecule has 130 valence electrons. The molecule has 2 heterocycles. The highest BCUT2D eigenvalue weighted by molar-refractivity contribution is 9.10. The Morgan fingerprint density at radius 1 is 1.00 bits per heavy atom. The first kappa shape index (κ1) is 16.4. The molecule has 2 aliphatic rings. The number of aliphatic hydroxyl groups excluding tert-OH is 1. The van der Waals surface area contributed by atoms with E-state index < -0.39 is 5.56 Å². The quantitative estimate of drug-likeness (QED) is 0.437. The van der Waals surface area contributed by atoms with Crippen molar-refractivity contribution in [3.8, 4) is 0 Å². The summed E-state index contributed by atoms with van der Waals surface area (Å²) in [6, 6.07) is 12.3. The second-order valence-electron chi connectivity index (χ2n) is 6.22. The van der Waals surface area contributed by atoms with E-state index in [1.807, 2.05) is 11.4 Å². The molecular weight excluding hydrogens is 426 g/mol. The van der Waals surface area contributed by atoms with Gasteiger partial charge in [0.15, 0.2) is 5.43 Å². The molecule has 1 N–H and O–H groups in total. The number of hydrogen-bond donors (Lipinski definition) is 1. The van der Waals surface area contributed by atoms with Crippen LogP contribution in [-0.2, 0) is 0 Å². The van der Waals surface area contributed by atoms with E-state index in [0.717, 1.165) is 0 Å². The summed E-state index contributed by atoms with van der Waals surface area (Å²) in [7, 11) is 0. The summed E-state index contributed by atoms with van der Waals surface area (Å²) in [6.45, 7) is 0. The van der Waals surface area contributed by atoms with E-state index in [0.29, 0.717) is 42.1 Å². The third-order valence-electron chi connectivity index (χ3n) is 4.77. The molecule has 0 radical (unpaired) electrons. The molecule has 0 atom stereocenters. The second-order valence-corrected chi connectivity index (χ2v) is 7.85. The summed E-state index contributed by atoms with van der Waals surface area (Å²) in [6.07, 6.45) is 0. The molecule has 27 heavy (non-hydrogen) atoms. The molecule has 0 saturated heterocycles. The number of rotatable bonds is 1. The lowest BCUT2D eigenvalue weighted by atomic mass is 9.98. The van der Waals surface area contributed by atoms with Gasteiger partial charge in [-0.05, 0) is 29.0 Å². The number of aromatic nitrogens is 1. The van der Waals surface area contributed by atoms with E-state index in [4.69, 9.17) is 0 Å². The second kappa shape index (κ2) is 5.84. The molecule has 0 amide bonds. The van der Waals surface area contributed by atoms with E-state index in [1.54, 1.807) is 41.8 Å². The lowest BCUT2D eigenvalue weighted by Gasteiger charge is -2.08. The van der Waals surface area contributed by atoms with E-state index in [-0.39, 0.29) is 16.4 Å². The number of fused-ring (bicyclic) bond motifs is 2. The average molecular weight is 436 g/mol. The van der Waals surface area contributed by atoms with Crippen LogP contribution in [0.5, 0.6) is 0 Å². The molecule has 1 aliphatic carbocycles. The van der Waals surface area contributed by atoms with Gasteiger partial charge in [0.2, 0.25) is 0 Å². The van der Waals surface area contributed by atoms with Crippen LogP contribution in [0, 0.1) is 10.4 Å². The van der Waals surface area contributed by atoms with Crippen LogP contribution >= 0.6 is 27.3 Å². The number of hydrogen-bond acceptors (Lipinski definition) is 5. The smallest absolute Gasteiger partial charge is 0.281 e. The van der Waals surface area contributed by atoms with Crippen LogP contribution in [0.15, 0.2) is 67.3 Å². The van der Waals surface area contributed by atoms with Gasteiger partial charge in [0.25, 0.3) is 5.56 Å². The number of aliphatic hydroxyl groups is 1. The van der Waals surface area contributed by atoms with E-state index in [2.05, 4.69) is 20.9 Å². The van der Waals surface area contributed by atoms with Crippen molar-refractivity contribution in [2.24, 2.45) is 0 Å². The molecule has 4 nitrogen and oxygen atoms in total. The summed E-state index contributed by atoms with van der Waals surface area (Å²) >= 11 is 4.89. The third-order valence-corrected chi connectivity index (χ3v) is 6.11. The summed E-state index contributed by atoms with van der Waals surface area (Å²) in [5.41, 5.74) is 0.356. The highest BCUT2D eigenvalue weighted by Crippen LogP contribution is 2.24. The van der Waals surface area contributed by atoms with E-state index >= 15 is 0 Å². The Balaban J connectivity index is 2.31. The van der Waals surface area contributed by atoms with Crippen LogP contribution in [0.1, 0.15) is 5.56 Å². The number of thiophene rings is 1. The maximum absolute atomic E-state index is 13.1. The minimum Gasteiger partial charge on any atom is -0.506 e. The van der Waals surface area contributed by atoms with Gasteiger partial charge >= 0.3 is 0 Å². The lowest BCUT2D eigenvalue weighted by molar-refractivity contribution is 0.507. The molecule has 0 fully saturated rings. The molecule has 0 spiro atoms. The molecular formula is C21H10BrNO3S. The van der Waals surface area contributed by atoms with Crippen molar-refractivity contribution in [3.05, 3.63) is 99.5 Å². The SMILES string of the molecule is O=c1nc2ccc(Br)c3c2=c(/c1=C(\O)c1ccsc1)c1ccccc1c3=O. The van der Waals surface area contributed by atoms with Crippen LogP contribution in [0.25, 0.3) is 27.4 Å². The number of nitrogens with zero attached hydrogens (tertiary/aromatic N) is 1. The van der Waals surface area contributed by atoms with Gasteiger partial charge in [-0.1, -0.05) is 40.2 Å². The molecule has 0 bridgehead atoms. The van der Waals surface area contributed by atoms with E-state index in [9.17, 15) is 14.7 Å². The fourth-order valence-electron chi connectivity index (χ4n) is 3.60. The van der Waals surface area contributed by atoms with Gasteiger partial charge in [0, 0.05) is 36.6 Å². The van der Waals surface area contributed by atoms with Gasteiger partial charge in [0.1, 0.15) is 5.76 Å². The average Bonchev–Trinajstić information content (AvgIpc) is 3.21. The fraction of sp³-hybridized carbons (Fsp3) is 0. The van der Waals surface area contributed by atoms with Gasteiger partial charge in [-0.25, -0.2) is 4.98 Å². The van der Waals surface area contributed by atoms with Gasteiger partial charge < -0.3 is 5.11 Å². The third kappa shape index (κ3) is 2.23. The molecule has 2 aromatic carbocycles. The maximum atomic E-state index is 13.1. The van der Waals surface area contributed by atoms with Gasteiger partial charge in [-0.3, -0.25) is 9.59 Å². The minimum absolute atomic E-state index is 0.124. The van der Waals surface area contributed by atoms with Crippen molar-refractivity contribution in [1.29, 1.82) is 0 Å².